The lowest BCUT2D eigenvalue weighted by Gasteiger charge is -2.18. The van der Waals surface area contributed by atoms with Crippen molar-refractivity contribution in [3.63, 3.8) is 0 Å². The Morgan fingerprint density at radius 1 is 1.05 bits per heavy atom. The molecule has 3 N–H and O–H groups in total. The summed E-state index contributed by atoms with van der Waals surface area (Å²) >= 11 is -0.243. The number of hydrogen-bond acceptors (Lipinski definition) is 9. The van der Waals surface area contributed by atoms with Crippen LogP contribution < -0.4 is 20.0 Å². The van der Waals surface area contributed by atoms with Gasteiger partial charge in [-0.15, -0.1) is 11.3 Å². The van der Waals surface area contributed by atoms with Crippen molar-refractivity contribution >= 4 is 63.6 Å². The fourth-order valence-electron chi connectivity index (χ4n) is 3.98. The fraction of sp³-hybridized carbons (Fsp3) is 0.259. The van der Waals surface area contributed by atoms with Crippen molar-refractivity contribution in [1.29, 1.82) is 0 Å². The van der Waals surface area contributed by atoms with Gasteiger partial charge in [-0.3, -0.25) is 13.8 Å². The summed E-state index contributed by atoms with van der Waals surface area (Å²) in [4.78, 5) is 19.6. The molecule has 0 radical (unpaired) electrons. The predicted molar refractivity (Wildman–Crippen MR) is 163 cm³/mol. The molecule has 0 spiro atoms. The summed E-state index contributed by atoms with van der Waals surface area (Å²) in [7, 11) is 0.425. The Bertz CT molecular complexity index is 1510. The maximum atomic E-state index is 13.4. The number of thiazole rings is 1. The van der Waals surface area contributed by atoms with Crippen molar-refractivity contribution < 1.29 is 23.0 Å². The predicted octanol–water partition coefficient (Wildman–Crippen LogP) is 5.87. The molecule has 1 atom stereocenters. The molecule has 212 valence electrons. The average Bonchev–Trinajstić information content (AvgIpc) is 3.40. The summed E-state index contributed by atoms with van der Waals surface area (Å²) in [5, 5.41) is 9.40. The van der Waals surface area contributed by atoms with E-state index in [4.69, 9.17) is 9.05 Å². The van der Waals surface area contributed by atoms with Crippen LogP contribution in [0.2, 0.25) is 0 Å². The van der Waals surface area contributed by atoms with Crippen LogP contribution in [0.25, 0.3) is 22.0 Å². The molecule has 0 bridgehead atoms. The van der Waals surface area contributed by atoms with Gasteiger partial charge in [0.1, 0.15) is 11.4 Å². The van der Waals surface area contributed by atoms with Gasteiger partial charge in [0.05, 0.1) is 31.1 Å². The van der Waals surface area contributed by atoms with Crippen LogP contribution in [-0.4, -0.2) is 49.3 Å². The Morgan fingerprint density at radius 2 is 1.75 bits per heavy atom. The van der Waals surface area contributed by atoms with E-state index >= 15 is 0 Å². The number of nitrogens with one attached hydrogen (secondary N) is 3. The molecule has 10 nitrogen and oxygen atoms in total. The number of anilines is 3. The molecular formula is C27H32N5O5PS2. The first kappa shape index (κ1) is 30.0. The van der Waals surface area contributed by atoms with E-state index in [2.05, 4.69) is 20.1 Å². The zero-order valence-electron chi connectivity index (χ0n) is 22.7. The van der Waals surface area contributed by atoms with Crippen LogP contribution in [0.1, 0.15) is 13.8 Å². The monoisotopic (exact) mass is 601 g/mol. The Morgan fingerprint density at radius 3 is 2.48 bits per heavy atom. The highest BCUT2D eigenvalue weighted by Gasteiger charge is 2.24. The number of hydrogen-bond donors (Lipinski definition) is 3. The third-order valence-electron chi connectivity index (χ3n) is 5.69. The second-order valence-corrected chi connectivity index (χ2v) is 12.6. The van der Waals surface area contributed by atoms with Gasteiger partial charge in [0.25, 0.3) is 0 Å². The number of fused-ring (bicyclic) bond motifs is 1. The van der Waals surface area contributed by atoms with Crippen LogP contribution in [0, 0.1) is 0 Å². The molecule has 0 aliphatic carbocycles. The topological polar surface area (TPSA) is 128 Å². The summed E-state index contributed by atoms with van der Waals surface area (Å²) in [6.45, 7) is 3.49. The SMILES string of the molecule is CCOP(=O)(NCC(=O)Nc1nc(-c2cccc(N[S+]([O-])c3cccc4c(N(C)C)cccc34)c2)cs1)OCC. The zero-order chi connectivity index (χ0) is 28.7. The maximum Gasteiger partial charge on any atom is 0.405 e. The lowest BCUT2D eigenvalue weighted by Crippen LogP contribution is -2.27. The van der Waals surface area contributed by atoms with Gasteiger partial charge in [-0.25, -0.2) is 19.4 Å². The van der Waals surface area contributed by atoms with E-state index in [0.717, 1.165) is 22.0 Å². The molecular weight excluding hydrogens is 569 g/mol. The molecule has 3 aromatic carbocycles. The van der Waals surface area contributed by atoms with Gasteiger partial charge in [-0.1, -0.05) is 30.3 Å². The largest absolute Gasteiger partial charge is 0.588 e. The van der Waals surface area contributed by atoms with Gasteiger partial charge < -0.3 is 14.8 Å². The van der Waals surface area contributed by atoms with Crippen LogP contribution >= 0.6 is 19.1 Å². The Kier molecular flexibility index (Phi) is 10.2. The number of benzene rings is 3. The maximum absolute atomic E-state index is 13.4. The van der Waals surface area contributed by atoms with E-state index in [0.29, 0.717) is 21.4 Å². The van der Waals surface area contributed by atoms with E-state index in [-0.39, 0.29) is 19.8 Å². The quantitative estimate of drug-likeness (QED) is 0.127. The molecule has 1 aromatic heterocycles. The smallest absolute Gasteiger partial charge is 0.405 e. The molecule has 4 aromatic rings. The highest BCUT2D eigenvalue weighted by Crippen LogP contribution is 2.43. The Labute approximate surface area is 241 Å². The molecule has 0 aliphatic heterocycles. The summed E-state index contributed by atoms with van der Waals surface area (Å²) in [5.74, 6) is -0.432. The second kappa shape index (κ2) is 13.6. The van der Waals surface area contributed by atoms with Gasteiger partial charge in [0.2, 0.25) is 5.91 Å². The van der Waals surface area contributed by atoms with Crippen molar-refractivity contribution in [3.8, 4) is 11.3 Å². The van der Waals surface area contributed by atoms with E-state index < -0.39 is 25.0 Å². The number of carbonyl (C=O) groups is 1. The first-order valence-electron chi connectivity index (χ1n) is 12.6. The van der Waals surface area contributed by atoms with Crippen molar-refractivity contribution in [3.05, 3.63) is 66.0 Å². The van der Waals surface area contributed by atoms with Crippen LogP contribution in [0.5, 0.6) is 0 Å². The van der Waals surface area contributed by atoms with Crippen LogP contribution in [0.4, 0.5) is 16.5 Å². The van der Waals surface area contributed by atoms with Gasteiger partial charge in [0, 0.05) is 41.5 Å². The Hall–Kier alpha value is -2.96. The van der Waals surface area contributed by atoms with Crippen molar-refractivity contribution in [2.45, 2.75) is 18.7 Å². The van der Waals surface area contributed by atoms with Crippen molar-refractivity contribution in [1.82, 2.24) is 10.1 Å². The molecule has 13 heteroatoms. The third-order valence-corrected chi connectivity index (χ3v) is 9.37. The van der Waals surface area contributed by atoms with Crippen LogP contribution in [-0.2, 0) is 29.8 Å². The van der Waals surface area contributed by atoms with Gasteiger partial charge >= 0.3 is 7.75 Å². The first-order chi connectivity index (χ1) is 19.2. The minimum Gasteiger partial charge on any atom is -0.588 e. The molecule has 1 heterocycles. The zero-order valence-corrected chi connectivity index (χ0v) is 25.2. The minimum atomic E-state index is -3.54. The summed E-state index contributed by atoms with van der Waals surface area (Å²) < 4.78 is 39.2. The van der Waals surface area contributed by atoms with Gasteiger partial charge in [0.15, 0.2) is 10.0 Å². The number of nitrogens with zero attached hydrogens (tertiary/aromatic N) is 2. The summed E-state index contributed by atoms with van der Waals surface area (Å²) in [6.07, 6.45) is 0. The van der Waals surface area contributed by atoms with Gasteiger partial charge in [-0.2, -0.15) is 0 Å². The summed E-state index contributed by atoms with van der Waals surface area (Å²) in [6, 6.07) is 19.2. The number of rotatable bonds is 13. The fourth-order valence-corrected chi connectivity index (χ4v) is 7.03. The van der Waals surface area contributed by atoms with Crippen molar-refractivity contribution in [2.75, 3.05) is 48.8 Å². The normalized spacial score (nSPS) is 12.3. The highest BCUT2D eigenvalue weighted by atomic mass is 32.2. The number of aromatic nitrogens is 1. The van der Waals surface area contributed by atoms with Crippen LogP contribution in [0.15, 0.2) is 70.9 Å². The summed E-state index contributed by atoms with van der Waals surface area (Å²) in [5.41, 5.74) is 3.17. The van der Waals surface area contributed by atoms with E-state index in [9.17, 15) is 13.9 Å². The lowest BCUT2D eigenvalue weighted by molar-refractivity contribution is -0.115. The molecule has 0 saturated carbocycles. The number of amides is 1. The second-order valence-electron chi connectivity index (χ2n) is 8.73. The van der Waals surface area contributed by atoms with E-state index in [1.807, 2.05) is 85.0 Å². The molecule has 0 fully saturated rings. The van der Waals surface area contributed by atoms with Crippen LogP contribution in [0.3, 0.4) is 0 Å². The standard InChI is InChI=1S/C27H32N5O5PS2/c1-5-36-38(34,37-6-2)28-17-26(33)30-27-29-23(18-39-27)19-10-7-11-20(16-19)31-40(35)25-15-9-12-21-22(25)13-8-14-24(21)32(3)4/h7-16,18,31H,5-6,17H2,1-4H3,(H,28,34)(H,29,30,33). The lowest BCUT2D eigenvalue weighted by atomic mass is 10.1. The molecule has 1 amide bonds. The van der Waals surface area contributed by atoms with Crippen molar-refractivity contribution in [2.24, 2.45) is 0 Å². The average molecular weight is 602 g/mol. The Balaban J connectivity index is 1.44. The molecule has 1 unspecified atom stereocenters. The molecule has 0 saturated heterocycles. The molecule has 4 rings (SSSR count). The van der Waals surface area contributed by atoms with E-state index in [1.165, 1.54) is 11.3 Å². The van der Waals surface area contributed by atoms with E-state index in [1.54, 1.807) is 13.8 Å². The molecule has 40 heavy (non-hydrogen) atoms. The first-order valence-corrected chi connectivity index (χ1v) is 16.2. The third kappa shape index (κ3) is 7.41. The number of carbonyl (C=O) groups excluding carboxylic acids is 1. The highest BCUT2D eigenvalue weighted by molar-refractivity contribution is 7.93. The molecule has 0 aliphatic rings. The van der Waals surface area contributed by atoms with Gasteiger partial charge in [-0.05, 0) is 44.2 Å². The minimum absolute atomic E-state index is 0.183.